The van der Waals surface area contributed by atoms with Gasteiger partial charge in [0, 0.05) is 31.1 Å². The van der Waals surface area contributed by atoms with Gasteiger partial charge in [0.15, 0.2) is 0 Å². The van der Waals surface area contributed by atoms with E-state index in [1.54, 1.807) is 12.1 Å². The van der Waals surface area contributed by atoms with Gasteiger partial charge in [-0.3, -0.25) is 4.79 Å². The molecular formula is C26H28N2O5S. The maximum atomic E-state index is 13.2. The Kier molecular flexibility index (Phi) is 7.62. The summed E-state index contributed by atoms with van der Waals surface area (Å²) in [6.07, 6.45) is 0.214. The summed E-state index contributed by atoms with van der Waals surface area (Å²) in [6, 6.07) is 24.4. The molecule has 0 saturated carbocycles. The molecule has 0 bridgehead atoms. The van der Waals surface area contributed by atoms with E-state index in [2.05, 4.69) is 5.32 Å². The number of ether oxygens (including phenoxy) is 2. The monoisotopic (exact) mass is 480 g/mol. The fourth-order valence-electron chi connectivity index (χ4n) is 4.08. The van der Waals surface area contributed by atoms with Crippen molar-refractivity contribution in [2.75, 3.05) is 38.7 Å². The summed E-state index contributed by atoms with van der Waals surface area (Å²) in [7, 11) is -2.37. The van der Waals surface area contributed by atoms with Crippen LogP contribution in [0.25, 0.3) is 0 Å². The van der Waals surface area contributed by atoms with Crippen molar-refractivity contribution in [2.24, 2.45) is 0 Å². The molecule has 0 radical (unpaired) electrons. The zero-order valence-corrected chi connectivity index (χ0v) is 19.8. The maximum Gasteiger partial charge on any atom is 0.246 e. The van der Waals surface area contributed by atoms with Crippen molar-refractivity contribution in [1.29, 1.82) is 0 Å². The van der Waals surface area contributed by atoms with Gasteiger partial charge in [-0.15, -0.1) is 0 Å². The lowest BCUT2D eigenvalue weighted by atomic mass is 9.88. The van der Waals surface area contributed by atoms with Gasteiger partial charge in [0.2, 0.25) is 15.9 Å². The first-order valence-corrected chi connectivity index (χ1v) is 12.6. The van der Waals surface area contributed by atoms with Crippen LogP contribution < -0.4 is 10.1 Å². The Morgan fingerprint density at radius 2 is 1.56 bits per heavy atom. The van der Waals surface area contributed by atoms with Crippen LogP contribution >= 0.6 is 0 Å². The van der Waals surface area contributed by atoms with Gasteiger partial charge in [-0.25, -0.2) is 8.42 Å². The van der Waals surface area contributed by atoms with Crippen LogP contribution in [0.2, 0.25) is 0 Å². The van der Waals surface area contributed by atoms with Gasteiger partial charge in [-0.1, -0.05) is 60.7 Å². The van der Waals surface area contributed by atoms with Crippen LogP contribution in [-0.4, -0.2) is 52.0 Å². The first kappa shape index (κ1) is 23.9. The van der Waals surface area contributed by atoms with Gasteiger partial charge in [0.05, 0.1) is 20.3 Å². The predicted octanol–water partition coefficient (Wildman–Crippen LogP) is 3.88. The second-order valence-corrected chi connectivity index (χ2v) is 9.91. The predicted molar refractivity (Wildman–Crippen MR) is 131 cm³/mol. The molecule has 7 nitrogen and oxygen atoms in total. The van der Waals surface area contributed by atoms with Crippen molar-refractivity contribution in [3.63, 3.8) is 0 Å². The van der Waals surface area contributed by atoms with Crippen LogP contribution in [0.5, 0.6) is 5.75 Å². The molecule has 0 spiro atoms. The van der Waals surface area contributed by atoms with Gasteiger partial charge in [0.1, 0.15) is 10.6 Å². The summed E-state index contributed by atoms with van der Waals surface area (Å²) in [4.78, 5) is 13.1. The number of rotatable bonds is 8. The molecule has 1 fully saturated rings. The lowest BCUT2D eigenvalue weighted by Crippen LogP contribution is -2.40. The summed E-state index contributed by atoms with van der Waals surface area (Å²) in [5.41, 5.74) is 2.47. The third kappa shape index (κ3) is 5.47. The Hall–Kier alpha value is -3.20. The van der Waals surface area contributed by atoms with Crippen LogP contribution in [0.3, 0.4) is 0 Å². The number of anilines is 1. The minimum Gasteiger partial charge on any atom is -0.495 e. The molecule has 1 aliphatic heterocycles. The minimum atomic E-state index is -3.80. The summed E-state index contributed by atoms with van der Waals surface area (Å²) in [5, 5.41) is 2.88. The van der Waals surface area contributed by atoms with Gasteiger partial charge in [0.25, 0.3) is 0 Å². The third-order valence-corrected chi connectivity index (χ3v) is 7.75. The van der Waals surface area contributed by atoms with Gasteiger partial charge in [-0.05, 0) is 29.3 Å². The number of morpholine rings is 1. The van der Waals surface area contributed by atoms with Gasteiger partial charge < -0.3 is 14.8 Å². The number of sulfonamides is 1. The highest BCUT2D eigenvalue weighted by Gasteiger charge is 2.30. The molecule has 1 aliphatic rings. The average Bonchev–Trinajstić information content (AvgIpc) is 2.89. The van der Waals surface area contributed by atoms with E-state index >= 15 is 0 Å². The number of hydrogen-bond donors (Lipinski definition) is 1. The number of nitrogens with zero attached hydrogens (tertiary/aromatic N) is 1. The molecule has 34 heavy (non-hydrogen) atoms. The molecule has 1 N–H and O–H groups in total. The fourth-order valence-corrected chi connectivity index (χ4v) is 5.67. The van der Waals surface area contributed by atoms with Crippen molar-refractivity contribution in [3.05, 3.63) is 90.0 Å². The molecule has 178 valence electrons. The zero-order valence-electron chi connectivity index (χ0n) is 19.0. The second kappa shape index (κ2) is 10.8. The van der Waals surface area contributed by atoms with E-state index in [-0.39, 0.29) is 42.0 Å². The Bertz CT molecular complexity index is 1170. The van der Waals surface area contributed by atoms with E-state index in [9.17, 15) is 13.2 Å². The Morgan fingerprint density at radius 1 is 0.971 bits per heavy atom. The summed E-state index contributed by atoms with van der Waals surface area (Å²) >= 11 is 0. The van der Waals surface area contributed by atoms with Crippen LogP contribution in [0, 0.1) is 0 Å². The number of carbonyl (C=O) groups is 1. The number of amides is 1. The SMILES string of the molecule is COc1ccc(NC(=O)CC(c2ccccc2)c2ccccc2)cc1S(=O)(=O)N1CCOCC1. The van der Waals surface area contributed by atoms with E-state index in [0.29, 0.717) is 18.9 Å². The smallest absolute Gasteiger partial charge is 0.246 e. The Labute approximate surface area is 200 Å². The molecule has 0 aliphatic carbocycles. The molecule has 1 saturated heterocycles. The molecule has 3 aromatic carbocycles. The topological polar surface area (TPSA) is 84.9 Å². The highest BCUT2D eigenvalue weighted by Crippen LogP contribution is 2.32. The van der Waals surface area contributed by atoms with Crippen LogP contribution in [0.1, 0.15) is 23.5 Å². The molecule has 0 atom stereocenters. The largest absolute Gasteiger partial charge is 0.495 e. The average molecular weight is 481 g/mol. The molecule has 1 amide bonds. The van der Waals surface area contributed by atoms with Gasteiger partial charge in [-0.2, -0.15) is 4.31 Å². The lowest BCUT2D eigenvalue weighted by molar-refractivity contribution is -0.116. The van der Waals surface area contributed by atoms with Crippen molar-refractivity contribution in [1.82, 2.24) is 4.31 Å². The standard InChI is InChI=1S/C26H28N2O5S/c1-32-24-13-12-22(18-25(24)34(30,31)28-14-16-33-17-15-28)27-26(29)19-23(20-8-4-2-5-9-20)21-10-6-3-7-11-21/h2-13,18,23H,14-17,19H2,1H3,(H,27,29). The molecular weight excluding hydrogens is 452 g/mol. The first-order valence-electron chi connectivity index (χ1n) is 11.1. The number of carbonyl (C=O) groups excluding carboxylic acids is 1. The van der Waals surface area contributed by atoms with E-state index in [0.717, 1.165) is 11.1 Å². The third-order valence-electron chi connectivity index (χ3n) is 5.83. The quantitative estimate of drug-likeness (QED) is 0.529. The highest BCUT2D eigenvalue weighted by molar-refractivity contribution is 7.89. The summed E-state index contributed by atoms with van der Waals surface area (Å²) < 4.78 is 38.4. The second-order valence-electron chi connectivity index (χ2n) is 8.01. The summed E-state index contributed by atoms with van der Waals surface area (Å²) in [5.74, 6) is -0.106. The van der Waals surface area contributed by atoms with Crippen molar-refractivity contribution in [3.8, 4) is 5.75 Å². The van der Waals surface area contributed by atoms with Crippen LogP contribution in [0.15, 0.2) is 83.8 Å². The number of hydrogen-bond acceptors (Lipinski definition) is 5. The zero-order chi connectivity index (χ0) is 24.0. The number of methoxy groups -OCH3 is 1. The van der Waals surface area contributed by atoms with E-state index < -0.39 is 10.0 Å². The molecule has 1 heterocycles. The first-order chi connectivity index (χ1) is 16.5. The number of nitrogens with one attached hydrogen (secondary N) is 1. The number of benzene rings is 3. The van der Waals surface area contributed by atoms with Crippen LogP contribution in [0.4, 0.5) is 5.69 Å². The fraction of sp³-hybridized carbons (Fsp3) is 0.269. The van der Waals surface area contributed by atoms with Crippen molar-refractivity contribution < 1.29 is 22.7 Å². The van der Waals surface area contributed by atoms with Crippen molar-refractivity contribution >= 4 is 21.6 Å². The molecule has 0 aromatic heterocycles. The Balaban J connectivity index is 1.57. The normalized spacial score (nSPS) is 14.6. The minimum absolute atomic E-state index is 0.0253. The van der Waals surface area contributed by atoms with E-state index in [4.69, 9.17) is 9.47 Å². The molecule has 4 rings (SSSR count). The molecule has 0 unspecified atom stereocenters. The maximum absolute atomic E-state index is 13.2. The van der Waals surface area contributed by atoms with E-state index in [1.807, 2.05) is 60.7 Å². The molecule has 8 heteroatoms. The van der Waals surface area contributed by atoms with Gasteiger partial charge >= 0.3 is 0 Å². The summed E-state index contributed by atoms with van der Waals surface area (Å²) in [6.45, 7) is 1.24. The Morgan fingerprint density at radius 3 is 2.12 bits per heavy atom. The van der Waals surface area contributed by atoms with E-state index in [1.165, 1.54) is 17.5 Å². The van der Waals surface area contributed by atoms with Crippen LogP contribution in [-0.2, 0) is 19.6 Å². The lowest BCUT2D eigenvalue weighted by Gasteiger charge is -2.27. The molecule has 3 aromatic rings. The highest BCUT2D eigenvalue weighted by atomic mass is 32.2. The van der Waals surface area contributed by atoms with Crippen molar-refractivity contribution in [2.45, 2.75) is 17.2 Å².